The number of nitrogens with one attached hydrogen (secondary N) is 1. The van der Waals surface area contributed by atoms with Gasteiger partial charge in [-0.25, -0.2) is 9.97 Å². The third-order valence-corrected chi connectivity index (χ3v) is 4.38. The van der Waals surface area contributed by atoms with E-state index in [2.05, 4.69) is 38.3 Å². The number of hydrogen-bond acceptors (Lipinski definition) is 6. The zero-order chi connectivity index (χ0) is 14.2. The smallest absolute Gasteiger partial charge is 0.225 e. The second-order valence-corrected chi connectivity index (χ2v) is 6.10. The van der Waals surface area contributed by atoms with Gasteiger partial charge in [-0.2, -0.15) is 11.8 Å². The van der Waals surface area contributed by atoms with E-state index in [1.165, 1.54) is 5.75 Å². The zero-order valence-electron chi connectivity index (χ0n) is 12.5. The van der Waals surface area contributed by atoms with E-state index in [-0.39, 0.29) is 0 Å². The van der Waals surface area contributed by atoms with E-state index >= 15 is 0 Å². The van der Waals surface area contributed by atoms with Gasteiger partial charge in [0, 0.05) is 63.5 Å². The van der Waals surface area contributed by atoms with E-state index < -0.39 is 0 Å². The maximum atomic E-state index is 4.31. The molecule has 1 aromatic rings. The Morgan fingerprint density at radius 1 is 1.25 bits per heavy atom. The lowest BCUT2D eigenvalue weighted by atomic mass is 10.3. The molecule has 0 radical (unpaired) electrons. The Bertz CT molecular complexity index is 367. The van der Waals surface area contributed by atoms with Crippen molar-refractivity contribution in [3.63, 3.8) is 0 Å². The van der Waals surface area contributed by atoms with Gasteiger partial charge in [-0.15, -0.1) is 0 Å². The minimum absolute atomic E-state index is 0.601. The van der Waals surface area contributed by atoms with Crippen molar-refractivity contribution < 1.29 is 0 Å². The van der Waals surface area contributed by atoms with Crippen molar-refractivity contribution >= 4 is 17.7 Å². The van der Waals surface area contributed by atoms with Crippen molar-refractivity contribution in [2.24, 2.45) is 0 Å². The number of thioether (sulfide) groups is 1. The molecule has 0 spiro atoms. The summed E-state index contributed by atoms with van der Waals surface area (Å²) < 4.78 is 0. The topological polar surface area (TPSA) is 44.3 Å². The minimum atomic E-state index is 0.601. The lowest BCUT2D eigenvalue weighted by Crippen LogP contribution is -2.49. The van der Waals surface area contributed by atoms with Crippen LogP contribution in [0.3, 0.4) is 0 Å². The third kappa shape index (κ3) is 4.92. The van der Waals surface area contributed by atoms with Crippen LogP contribution in [0, 0.1) is 0 Å². The van der Waals surface area contributed by atoms with Crippen LogP contribution in [0.1, 0.15) is 6.92 Å². The Hall–Kier alpha value is -0.850. The Morgan fingerprint density at radius 3 is 2.60 bits per heavy atom. The molecule has 1 aromatic heterocycles. The zero-order valence-corrected chi connectivity index (χ0v) is 13.3. The fourth-order valence-electron chi connectivity index (χ4n) is 2.40. The van der Waals surface area contributed by atoms with Crippen LogP contribution in [0.5, 0.6) is 0 Å². The van der Waals surface area contributed by atoms with E-state index in [9.17, 15) is 0 Å². The summed E-state index contributed by atoms with van der Waals surface area (Å²) in [6.45, 7) is 8.68. The van der Waals surface area contributed by atoms with Crippen LogP contribution < -0.4 is 10.2 Å². The van der Waals surface area contributed by atoms with Crippen molar-refractivity contribution in [1.82, 2.24) is 20.2 Å². The summed E-state index contributed by atoms with van der Waals surface area (Å²) in [6.07, 6.45) is 5.78. The molecule has 2 heterocycles. The first-order valence-corrected chi connectivity index (χ1v) is 8.65. The minimum Gasteiger partial charge on any atom is -0.338 e. The molecular formula is C14H25N5S. The van der Waals surface area contributed by atoms with Crippen molar-refractivity contribution in [2.75, 3.05) is 56.2 Å². The standard InChI is InChI=1S/C14H25N5S/c1-13(12-20-2)15-6-7-18-8-10-19(11-9-18)14-16-4-3-5-17-14/h3-5,13,15H,6-12H2,1-2H3/t13-/m0/s1. The van der Waals surface area contributed by atoms with Gasteiger partial charge in [-0.1, -0.05) is 0 Å². The van der Waals surface area contributed by atoms with Gasteiger partial charge in [0.05, 0.1) is 0 Å². The van der Waals surface area contributed by atoms with Crippen LogP contribution in [0.15, 0.2) is 18.5 Å². The predicted octanol–water partition coefficient (Wildman–Crippen LogP) is 0.940. The maximum Gasteiger partial charge on any atom is 0.225 e. The molecule has 0 amide bonds. The Morgan fingerprint density at radius 2 is 1.95 bits per heavy atom. The first kappa shape index (κ1) is 15.5. The summed E-state index contributed by atoms with van der Waals surface area (Å²) in [6, 6.07) is 2.46. The monoisotopic (exact) mass is 295 g/mol. The number of piperazine rings is 1. The van der Waals surface area contributed by atoms with Crippen molar-refractivity contribution in [3.8, 4) is 0 Å². The van der Waals surface area contributed by atoms with Crippen molar-refractivity contribution in [1.29, 1.82) is 0 Å². The second-order valence-electron chi connectivity index (χ2n) is 5.19. The van der Waals surface area contributed by atoms with Gasteiger partial charge < -0.3 is 10.2 Å². The number of rotatable bonds is 7. The van der Waals surface area contributed by atoms with E-state index in [1.54, 1.807) is 0 Å². The highest BCUT2D eigenvalue weighted by Crippen LogP contribution is 2.09. The first-order valence-electron chi connectivity index (χ1n) is 7.26. The molecule has 1 atom stereocenters. The molecule has 1 N–H and O–H groups in total. The number of nitrogens with zero attached hydrogens (tertiary/aromatic N) is 4. The molecule has 6 heteroatoms. The molecule has 1 aliphatic heterocycles. The van der Waals surface area contributed by atoms with Crippen LogP contribution in [-0.4, -0.2) is 72.2 Å². The molecule has 1 fully saturated rings. The van der Waals surface area contributed by atoms with E-state index in [0.29, 0.717) is 6.04 Å². The highest BCUT2D eigenvalue weighted by molar-refractivity contribution is 7.98. The van der Waals surface area contributed by atoms with Crippen LogP contribution in [0.2, 0.25) is 0 Å². The van der Waals surface area contributed by atoms with Crippen LogP contribution in [-0.2, 0) is 0 Å². The summed E-state index contributed by atoms with van der Waals surface area (Å²) in [7, 11) is 0. The summed E-state index contributed by atoms with van der Waals surface area (Å²) >= 11 is 1.90. The fourth-order valence-corrected chi connectivity index (χ4v) is 3.02. The van der Waals surface area contributed by atoms with Crippen LogP contribution in [0.4, 0.5) is 5.95 Å². The molecule has 0 bridgehead atoms. The third-order valence-electron chi connectivity index (χ3n) is 3.54. The molecule has 0 unspecified atom stereocenters. The Kier molecular flexibility index (Phi) is 6.56. The number of anilines is 1. The molecule has 2 rings (SSSR count). The van der Waals surface area contributed by atoms with E-state index in [1.807, 2.05) is 30.2 Å². The van der Waals surface area contributed by atoms with Gasteiger partial charge in [-0.3, -0.25) is 4.90 Å². The van der Waals surface area contributed by atoms with Crippen molar-refractivity contribution in [2.45, 2.75) is 13.0 Å². The first-order chi connectivity index (χ1) is 9.79. The predicted molar refractivity (Wildman–Crippen MR) is 86.5 cm³/mol. The molecule has 1 saturated heterocycles. The molecule has 0 saturated carbocycles. The quantitative estimate of drug-likeness (QED) is 0.808. The van der Waals surface area contributed by atoms with Gasteiger partial charge in [0.2, 0.25) is 5.95 Å². The number of aromatic nitrogens is 2. The van der Waals surface area contributed by atoms with Gasteiger partial charge in [0.1, 0.15) is 0 Å². The highest BCUT2D eigenvalue weighted by atomic mass is 32.2. The average molecular weight is 295 g/mol. The second kappa shape index (κ2) is 8.44. The van der Waals surface area contributed by atoms with Gasteiger partial charge >= 0.3 is 0 Å². The summed E-state index contributed by atoms with van der Waals surface area (Å²) in [5.74, 6) is 2.04. The van der Waals surface area contributed by atoms with Gasteiger partial charge in [-0.05, 0) is 19.2 Å². The molecule has 1 aliphatic rings. The van der Waals surface area contributed by atoms with E-state index in [4.69, 9.17) is 0 Å². The fraction of sp³-hybridized carbons (Fsp3) is 0.714. The van der Waals surface area contributed by atoms with Gasteiger partial charge in [0.15, 0.2) is 0 Å². The molecular weight excluding hydrogens is 270 g/mol. The Labute approximate surface area is 126 Å². The summed E-state index contributed by atoms with van der Waals surface area (Å²) in [4.78, 5) is 13.4. The molecule has 0 aromatic carbocycles. The maximum absolute atomic E-state index is 4.31. The highest BCUT2D eigenvalue weighted by Gasteiger charge is 2.18. The molecule has 112 valence electrons. The average Bonchev–Trinajstić information content (AvgIpc) is 2.49. The Balaban J connectivity index is 1.65. The van der Waals surface area contributed by atoms with E-state index in [0.717, 1.165) is 45.2 Å². The summed E-state index contributed by atoms with van der Waals surface area (Å²) in [5.41, 5.74) is 0. The number of hydrogen-bond donors (Lipinski definition) is 1. The molecule has 0 aliphatic carbocycles. The largest absolute Gasteiger partial charge is 0.338 e. The SMILES string of the molecule is CSC[C@H](C)NCCN1CCN(c2ncccn2)CC1. The normalized spacial score (nSPS) is 18.2. The molecule has 5 nitrogen and oxygen atoms in total. The van der Waals surface area contributed by atoms with Crippen LogP contribution >= 0.6 is 11.8 Å². The lowest BCUT2D eigenvalue weighted by Gasteiger charge is -2.34. The van der Waals surface area contributed by atoms with Gasteiger partial charge in [0.25, 0.3) is 0 Å². The van der Waals surface area contributed by atoms with Crippen molar-refractivity contribution in [3.05, 3.63) is 18.5 Å². The lowest BCUT2D eigenvalue weighted by molar-refractivity contribution is 0.254. The summed E-state index contributed by atoms with van der Waals surface area (Å²) in [5, 5.41) is 3.57. The molecule has 20 heavy (non-hydrogen) atoms. The van der Waals surface area contributed by atoms with Crippen LogP contribution in [0.25, 0.3) is 0 Å².